The monoisotopic (exact) mass is 230 g/mol. The van der Waals surface area contributed by atoms with E-state index < -0.39 is 0 Å². The van der Waals surface area contributed by atoms with E-state index in [4.69, 9.17) is 0 Å². The van der Waals surface area contributed by atoms with Gasteiger partial charge in [-0.15, -0.1) is 0 Å². The highest BCUT2D eigenvalue weighted by Gasteiger charge is 2.07. The average molecular weight is 230 g/mol. The van der Waals surface area contributed by atoms with Gasteiger partial charge in [0.15, 0.2) is 0 Å². The number of nitrogens with zero attached hydrogens (tertiary/aromatic N) is 3. The van der Waals surface area contributed by atoms with Gasteiger partial charge in [-0.1, -0.05) is 6.07 Å². The molecule has 0 spiro atoms. The first kappa shape index (κ1) is 11.8. The van der Waals surface area contributed by atoms with Crippen LogP contribution in [-0.2, 0) is 13.5 Å². The summed E-state index contributed by atoms with van der Waals surface area (Å²) in [6.07, 6.45) is 4.61. The molecule has 4 heteroatoms. The molecular formula is C13H18N4. The first-order valence-electron chi connectivity index (χ1n) is 5.88. The molecule has 0 aliphatic rings. The summed E-state index contributed by atoms with van der Waals surface area (Å²) in [5.74, 6) is 0. The summed E-state index contributed by atoms with van der Waals surface area (Å²) in [5, 5.41) is 7.64. The van der Waals surface area contributed by atoms with Gasteiger partial charge in [0.05, 0.1) is 5.69 Å². The highest BCUT2D eigenvalue weighted by atomic mass is 15.3. The van der Waals surface area contributed by atoms with Crippen LogP contribution in [0.1, 0.15) is 24.4 Å². The van der Waals surface area contributed by atoms with E-state index in [0.717, 1.165) is 18.7 Å². The molecule has 0 amide bonds. The molecule has 0 saturated carbocycles. The van der Waals surface area contributed by atoms with E-state index in [2.05, 4.69) is 28.4 Å². The van der Waals surface area contributed by atoms with E-state index in [0.29, 0.717) is 6.04 Å². The second-order valence-electron chi connectivity index (χ2n) is 4.13. The maximum absolute atomic E-state index is 4.30. The quantitative estimate of drug-likeness (QED) is 0.850. The molecule has 2 rings (SSSR count). The van der Waals surface area contributed by atoms with Gasteiger partial charge in [-0.25, -0.2) is 0 Å². The summed E-state index contributed by atoms with van der Waals surface area (Å²) in [5.41, 5.74) is 2.32. The van der Waals surface area contributed by atoms with Crippen molar-refractivity contribution in [3.05, 3.63) is 48.0 Å². The molecule has 0 aliphatic heterocycles. The molecule has 4 nitrogen and oxygen atoms in total. The van der Waals surface area contributed by atoms with E-state index >= 15 is 0 Å². The molecule has 0 fully saturated rings. The van der Waals surface area contributed by atoms with Crippen molar-refractivity contribution in [1.29, 1.82) is 0 Å². The van der Waals surface area contributed by atoms with Crippen molar-refractivity contribution in [1.82, 2.24) is 20.1 Å². The van der Waals surface area contributed by atoms with Crippen LogP contribution in [0.25, 0.3) is 0 Å². The smallest absolute Gasteiger partial charge is 0.0547 e. The Labute approximate surface area is 102 Å². The van der Waals surface area contributed by atoms with E-state index in [-0.39, 0.29) is 0 Å². The molecule has 2 aromatic heterocycles. The van der Waals surface area contributed by atoms with Gasteiger partial charge in [0, 0.05) is 44.1 Å². The minimum Gasteiger partial charge on any atom is -0.308 e. The SMILES string of the molecule is CC(NCCc1ccccn1)c1ccnn1C. The molecule has 0 aromatic carbocycles. The van der Waals surface area contributed by atoms with Crippen molar-refractivity contribution >= 4 is 0 Å². The molecule has 17 heavy (non-hydrogen) atoms. The zero-order valence-corrected chi connectivity index (χ0v) is 10.3. The van der Waals surface area contributed by atoms with Crippen LogP contribution in [-0.4, -0.2) is 21.3 Å². The fourth-order valence-electron chi connectivity index (χ4n) is 1.88. The van der Waals surface area contributed by atoms with Gasteiger partial charge in [-0.2, -0.15) is 5.10 Å². The normalized spacial score (nSPS) is 12.6. The predicted molar refractivity (Wildman–Crippen MR) is 67.6 cm³/mol. The van der Waals surface area contributed by atoms with Crippen molar-refractivity contribution in [3.63, 3.8) is 0 Å². The molecule has 0 radical (unpaired) electrons. The Morgan fingerprint density at radius 3 is 2.82 bits per heavy atom. The second kappa shape index (κ2) is 5.59. The largest absolute Gasteiger partial charge is 0.308 e. The first-order chi connectivity index (χ1) is 8.27. The molecule has 0 bridgehead atoms. The highest BCUT2D eigenvalue weighted by Crippen LogP contribution is 2.09. The maximum atomic E-state index is 4.30. The number of rotatable bonds is 5. The van der Waals surface area contributed by atoms with E-state index in [1.165, 1.54) is 5.69 Å². The standard InChI is InChI=1S/C13H18N4/c1-11(13-7-10-16-17(13)2)14-9-6-12-5-3-4-8-15-12/h3-5,7-8,10-11,14H,6,9H2,1-2H3. The molecule has 0 saturated heterocycles. The summed E-state index contributed by atoms with van der Waals surface area (Å²) in [4.78, 5) is 4.30. The topological polar surface area (TPSA) is 42.7 Å². The van der Waals surface area contributed by atoms with E-state index in [1.807, 2.05) is 42.3 Å². The zero-order valence-electron chi connectivity index (χ0n) is 10.3. The van der Waals surface area contributed by atoms with Gasteiger partial charge < -0.3 is 5.32 Å². The van der Waals surface area contributed by atoms with Crippen LogP contribution < -0.4 is 5.32 Å². The van der Waals surface area contributed by atoms with Crippen LogP contribution in [0.4, 0.5) is 0 Å². The van der Waals surface area contributed by atoms with Crippen LogP contribution >= 0.6 is 0 Å². The lowest BCUT2D eigenvalue weighted by Gasteiger charge is -2.13. The Hall–Kier alpha value is -1.68. The number of pyridine rings is 1. The Kier molecular flexibility index (Phi) is 3.88. The van der Waals surface area contributed by atoms with Crippen molar-refractivity contribution in [2.75, 3.05) is 6.54 Å². The average Bonchev–Trinajstić information content (AvgIpc) is 2.77. The fourth-order valence-corrected chi connectivity index (χ4v) is 1.88. The van der Waals surface area contributed by atoms with Gasteiger partial charge in [-0.3, -0.25) is 9.67 Å². The van der Waals surface area contributed by atoms with Crippen LogP contribution in [0.2, 0.25) is 0 Å². The Morgan fingerprint density at radius 1 is 1.29 bits per heavy atom. The number of hydrogen-bond donors (Lipinski definition) is 1. The van der Waals surface area contributed by atoms with E-state index in [9.17, 15) is 0 Å². The third kappa shape index (κ3) is 3.14. The zero-order chi connectivity index (χ0) is 12.1. The molecule has 1 unspecified atom stereocenters. The van der Waals surface area contributed by atoms with Gasteiger partial charge in [0.1, 0.15) is 0 Å². The lowest BCUT2D eigenvalue weighted by Crippen LogP contribution is -2.23. The van der Waals surface area contributed by atoms with Crippen LogP contribution in [0.3, 0.4) is 0 Å². The summed E-state index contributed by atoms with van der Waals surface area (Å²) in [6.45, 7) is 3.07. The van der Waals surface area contributed by atoms with Gasteiger partial charge >= 0.3 is 0 Å². The summed E-state index contributed by atoms with van der Waals surface area (Å²) in [7, 11) is 1.96. The molecular weight excluding hydrogens is 212 g/mol. The van der Waals surface area contributed by atoms with Crippen LogP contribution in [0.15, 0.2) is 36.7 Å². The van der Waals surface area contributed by atoms with Crippen molar-refractivity contribution in [2.45, 2.75) is 19.4 Å². The first-order valence-corrected chi connectivity index (χ1v) is 5.88. The Balaban J connectivity index is 1.81. The fraction of sp³-hybridized carbons (Fsp3) is 0.385. The molecule has 1 N–H and O–H groups in total. The third-order valence-corrected chi connectivity index (χ3v) is 2.86. The molecule has 2 heterocycles. The Morgan fingerprint density at radius 2 is 2.18 bits per heavy atom. The second-order valence-corrected chi connectivity index (χ2v) is 4.13. The Bertz CT molecular complexity index is 449. The number of hydrogen-bond acceptors (Lipinski definition) is 3. The van der Waals surface area contributed by atoms with Gasteiger partial charge in [-0.05, 0) is 25.1 Å². The minimum atomic E-state index is 0.311. The molecule has 90 valence electrons. The van der Waals surface area contributed by atoms with Gasteiger partial charge in [0.2, 0.25) is 0 Å². The minimum absolute atomic E-state index is 0.311. The summed E-state index contributed by atoms with van der Waals surface area (Å²) >= 11 is 0. The lowest BCUT2D eigenvalue weighted by atomic mass is 10.2. The molecule has 2 aromatic rings. The maximum Gasteiger partial charge on any atom is 0.0547 e. The van der Waals surface area contributed by atoms with Crippen molar-refractivity contribution in [2.24, 2.45) is 7.05 Å². The number of aryl methyl sites for hydroxylation is 1. The summed E-state index contributed by atoms with van der Waals surface area (Å²) in [6, 6.07) is 8.36. The third-order valence-electron chi connectivity index (χ3n) is 2.86. The summed E-state index contributed by atoms with van der Waals surface area (Å²) < 4.78 is 1.90. The number of aromatic nitrogens is 3. The van der Waals surface area contributed by atoms with Crippen molar-refractivity contribution < 1.29 is 0 Å². The van der Waals surface area contributed by atoms with E-state index in [1.54, 1.807) is 0 Å². The van der Waals surface area contributed by atoms with Gasteiger partial charge in [0.25, 0.3) is 0 Å². The van der Waals surface area contributed by atoms with Crippen LogP contribution in [0.5, 0.6) is 0 Å². The highest BCUT2D eigenvalue weighted by molar-refractivity contribution is 5.06. The van der Waals surface area contributed by atoms with Crippen LogP contribution in [0, 0.1) is 0 Å². The lowest BCUT2D eigenvalue weighted by molar-refractivity contribution is 0.531. The molecule has 0 aliphatic carbocycles. The van der Waals surface area contributed by atoms with Crippen molar-refractivity contribution in [3.8, 4) is 0 Å². The number of nitrogens with one attached hydrogen (secondary N) is 1. The molecule has 1 atom stereocenters. The predicted octanol–water partition coefficient (Wildman–Crippen LogP) is 1.71.